The second-order valence-electron chi connectivity index (χ2n) is 7.65. The summed E-state index contributed by atoms with van der Waals surface area (Å²) in [5.74, 6) is 0.585. The highest BCUT2D eigenvalue weighted by Gasteiger charge is 2.23. The lowest BCUT2D eigenvalue weighted by Gasteiger charge is -2.28. The minimum Gasteiger partial charge on any atom is -0.383 e. The molecule has 4 N–H and O–H groups in total. The molecule has 0 unspecified atom stereocenters. The fraction of sp³-hybridized carbons (Fsp3) is 0.737. The summed E-state index contributed by atoms with van der Waals surface area (Å²) in [7, 11) is 0. The lowest BCUT2D eigenvalue weighted by molar-refractivity contribution is 0.114. The lowest BCUT2D eigenvalue weighted by atomic mass is 10.1. The van der Waals surface area contributed by atoms with Gasteiger partial charge in [0.2, 0.25) is 0 Å². The van der Waals surface area contributed by atoms with E-state index in [-0.39, 0.29) is 17.6 Å². The van der Waals surface area contributed by atoms with Gasteiger partial charge in [-0.25, -0.2) is 4.79 Å². The molecule has 1 aliphatic rings. The SMILES string of the molecule is CCCCn1c(N)c(N(CCC(C)C)C(=S)NC[C@H]2CCCO2)c(=O)[nH]c1=O. The number of aromatic amines is 1. The van der Waals surface area contributed by atoms with Crippen LogP contribution in [0.3, 0.4) is 0 Å². The fourth-order valence-electron chi connectivity index (χ4n) is 3.18. The molecule has 1 aliphatic heterocycles. The van der Waals surface area contributed by atoms with Crippen molar-refractivity contribution < 1.29 is 4.74 Å². The Kier molecular flexibility index (Phi) is 8.50. The summed E-state index contributed by atoms with van der Waals surface area (Å²) in [5, 5.41) is 3.64. The van der Waals surface area contributed by atoms with E-state index in [9.17, 15) is 9.59 Å². The van der Waals surface area contributed by atoms with Crippen molar-refractivity contribution in [3.05, 3.63) is 20.8 Å². The first-order chi connectivity index (χ1) is 13.3. The molecule has 1 aromatic heterocycles. The third kappa shape index (κ3) is 5.81. The largest absolute Gasteiger partial charge is 0.383 e. The van der Waals surface area contributed by atoms with Gasteiger partial charge in [-0.1, -0.05) is 27.2 Å². The molecular formula is C19H33N5O3S. The van der Waals surface area contributed by atoms with E-state index < -0.39 is 11.2 Å². The molecule has 0 aromatic carbocycles. The summed E-state index contributed by atoms with van der Waals surface area (Å²) in [4.78, 5) is 29.0. The Balaban J connectivity index is 2.31. The molecule has 28 heavy (non-hydrogen) atoms. The van der Waals surface area contributed by atoms with Crippen molar-refractivity contribution in [1.82, 2.24) is 14.9 Å². The molecule has 1 aromatic rings. The number of nitrogen functional groups attached to an aromatic ring is 1. The van der Waals surface area contributed by atoms with Gasteiger partial charge in [-0.2, -0.15) is 0 Å². The zero-order chi connectivity index (χ0) is 20.7. The van der Waals surface area contributed by atoms with Crippen LogP contribution in [-0.4, -0.2) is 40.5 Å². The summed E-state index contributed by atoms with van der Waals surface area (Å²) in [5.41, 5.74) is 5.52. The molecule has 0 radical (unpaired) electrons. The number of anilines is 2. The molecule has 1 fully saturated rings. The zero-order valence-electron chi connectivity index (χ0n) is 17.1. The van der Waals surface area contributed by atoms with Crippen LogP contribution in [0.2, 0.25) is 0 Å². The molecule has 0 aliphatic carbocycles. The van der Waals surface area contributed by atoms with Crippen LogP contribution >= 0.6 is 12.2 Å². The Hall–Kier alpha value is -1.87. The highest BCUT2D eigenvalue weighted by molar-refractivity contribution is 7.80. The van der Waals surface area contributed by atoms with Crippen LogP contribution in [0.15, 0.2) is 9.59 Å². The first-order valence-corrected chi connectivity index (χ1v) is 10.6. The number of ether oxygens (including phenoxy) is 1. The van der Waals surface area contributed by atoms with Crippen molar-refractivity contribution in [2.24, 2.45) is 5.92 Å². The van der Waals surface area contributed by atoms with Gasteiger partial charge >= 0.3 is 5.69 Å². The van der Waals surface area contributed by atoms with E-state index in [0.717, 1.165) is 38.7 Å². The van der Waals surface area contributed by atoms with Crippen LogP contribution < -0.4 is 27.2 Å². The summed E-state index contributed by atoms with van der Waals surface area (Å²) < 4.78 is 7.06. The Labute approximate surface area is 171 Å². The summed E-state index contributed by atoms with van der Waals surface area (Å²) in [6, 6.07) is 0. The quantitative estimate of drug-likeness (QED) is 0.532. The number of thiocarbonyl (C=S) groups is 1. The number of nitrogens with zero attached hydrogens (tertiary/aromatic N) is 2. The standard InChI is InChI=1S/C19H33N5O3S/c1-4-5-9-24-16(20)15(17(25)22-18(24)26)23(10-8-13(2)3)19(28)21-12-14-7-6-11-27-14/h13-14H,4-12,20H2,1-3H3,(H,21,28)(H,22,25,26)/t14-/m1/s1. The molecule has 0 bridgehead atoms. The number of hydrogen-bond donors (Lipinski definition) is 3. The Morgan fingerprint density at radius 1 is 1.46 bits per heavy atom. The maximum absolute atomic E-state index is 12.6. The smallest absolute Gasteiger partial charge is 0.330 e. The van der Waals surface area contributed by atoms with Crippen LogP contribution in [0, 0.1) is 5.92 Å². The van der Waals surface area contributed by atoms with Crippen LogP contribution in [0.1, 0.15) is 52.9 Å². The van der Waals surface area contributed by atoms with E-state index in [2.05, 4.69) is 24.1 Å². The van der Waals surface area contributed by atoms with Gasteiger partial charge < -0.3 is 20.7 Å². The van der Waals surface area contributed by atoms with E-state index in [4.69, 9.17) is 22.7 Å². The van der Waals surface area contributed by atoms with Crippen LogP contribution in [0.25, 0.3) is 0 Å². The summed E-state index contributed by atoms with van der Waals surface area (Å²) >= 11 is 5.59. The van der Waals surface area contributed by atoms with Crippen molar-refractivity contribution >= 4 is 28.8 Å². The maximum atomic E-state index is 12.6. The third-order valence-corrected chi connectivity index (χ3v) is 5.26. The molecule has 0 spiro atoms. The van der Waals surface area contributed by atoms with Crippen molar-refractivity contribution in [1.29, 1.82) is 0 Å². The topological polar surface area (TPSA) is 105 Å². The normalized spacial score (nSPS) is 16.5. The molecular weight excluding hydrogens is 378 g/mol. The van der Waals surface area contributed by atoms with E-state index in [1.54, 1.807) is 4.90 Å². The molecule has 2 rings (SSSR count). The van der Waals surface area contributed by atoms with Gasteiger partial charge in [0, 0.05) is 26.2 Å². The molecule has 9 heteroatoms. The minimum absolute atomic E-state index is 0.124. The predicted octanol–water partition coefficient (Wildman–Crippen LogP) is 1.82. The Bertz CT molecular complexity index is 768. The van der Waals surface area contributed by atoms with Gasteiger partial charge in [0.25, 0.3) is 5.56 Å². The number of aromatic nitrogens is 2. The minimum atomic E-state index is -0.514. The van der Waals surface area contributed by atoms with E-state index in [1.807, 2.05) is 6.92 Å². The predicted molar refractivity (Wildman–Crippen MR) is 117 cm³/mol. The fourth-order valence-corrected chi connectivity index (χ4v) is 3.45. The van der Waals surface area contributed by atoms with Gasteiger partial charge in [-0.15, -0.1) is 0 Å². The Morgan fingerprint density at radius 2 is 2.21 bits per heavy atom. The number of nitrogens with one attached hydrogen (secondary N) is 2. The average molecular weight is 412 g/mol. The zero-order valence-corrected chi connectivity index (χ0v) is 17.9. The molecule has 0 saturated carbocycles. The first kappa shape index (κ1) is 22.4. The van der Waals surface area contributed by atoms with Crippen molar-refractivity contribution in [3.63, 3.8) is 0 Å². The maximum Gasteiger partial charge on any atom is 0.330 e. The van der Waals surface area contributed by atoms with Crippen LogP contribution in [0.5, 0.6) is 0 Å². The van der Waals surface area contributed by atoms with E-state index in [1.165, 1.54) is 4.57 Å². The first-order valence-electron chi connectivity index (χ1n) is 10.1. The molecule has 158 valence electrons. The lowest BCUT2D eigenvalue weighted by Crippen LogP contribution is -2.47. The van der Waals surface area contributed by atoms with Gasteiger partial charge in [-0.3, -0.25) is 14.3 Å². The van der Waals surface area contributed by atoms with E-state index >= 15 is 0 Å². The monoisotopic (exact) mass is 411 g/mol. The van der Waals surface area contributed by atoms with Crippen molar-refractivity contribution in [2.75, 3.05) is 30.3 Å². The highest BCUT2D eigenvalue weighted by atomic mass is 32.1. The van der Waals surface area contributed by atoms with Gasteiger partial charge in [0.05, 0.1) is 6.10 Å². The van der Waals surface area contributed by atoms with Gasteiger partial charge in [0.15, 0.2) is 10.8 Å². The summed E-state index contributed by atoms with van der Waals surface area (Å²) in [6.45, 7) is 8.60. The molecule has 8 nitrogen and oxygen atoms in total. The number of rotatable bonds is 9. The van der Waals surface area contributed by atoms with Gasteiger partial charge in [0.1, 0.15) is 5.82 Å². The third-order valence-electron chi connectivity index (χ3n) is 4.90. The Morgan fingerprint density at radius 3 is 2.82 bits per heavy atom. The molecule has 1 saturated heterocycles. The van der Waals surface area contributed by atoms with Crippen LogP contribution in [0.4, 0.5) is 11.5 Å². The number of hydrogen-bond acceptors (Lipinski definition) is 5. The van der Waals surface area contributed by atoms with Crippen molar-refractivity contribution in [2.45, 2.75) is 65.5 Å². The highest BCUT2D eigenvalue weighted by Crippen LogP contribution is 2.19. The number of H-pyrrole nitrogens is 1. The van der Waals surface area contributed by atoms with Gasteiger partial charge in [-0.05, 0) is 43.8 Å². The molecule has 2 heterocycles. The second kappa shape index (κ2) is 10.6. The number of unbranched alkanes of at least 4 members (excludes halogenated alkanes) is 1. The second-order valence-corrected chi connectivity index (χ2v) is 8.04. The van der Waals surface area contributed by atoms with E-state index in [0.29, 0.717) is 30.7 Å². The average Bonchev–Trinajstić information content (AvgIpc) is 3.15. The van der Waals surface area contributed by atoms with Crippen LogP contribution in [-0.2, 0) is 11.3 Å². The number of nitrogens with two attached hydrogens (primary N) is 1. The molecule has 0 amide bonds. The summed E-state index contributed by atoms with van der Waals surface area (Å²) in [6.07, 6.45) is 4.70. The van der Waals surface area contributed by atoms with Crippen molar-refractivity contribution in [3.8, 4) is 0 Å². The molecule has 1 atom stereocenters.